The average molecular weight is 348 g/mol. The van der Waals surface area contributed by atoms with Crippen LogP contribution in [0.2, 0.25) is 0 Å². The highest BCUT2D eigenvalue weighted by molar-refractivity contribution is 7.89. The van der Waals surface area contributed by atoms with Crippen molar-refractivity contribution in [1.29, 1.82) is 0 Å². The summed E-state index contributed by atoms with van der Waals surface area (Å²) >= 11 is 0. The van der Waals surface area contributed by atoms with Crippen molar-refractivity contribution in [1.82, 2.24) is 5.32 Å². The number of aliphatic hydroxyl groups excluding tert-OH is 1. The van der Waals surface area contributed by atoms with E-state index in [4.69, 9.17) is 5.14 Å². The lowest BCUT2D eigenvalue weighted by atomic mass is 9.89. The van der Waals surface area contributed by atoms with Crippen LogP contribution < -0.4 is 10.5 Å². The molecule has 2 atom stereocenters. The van der Waals surface area contributed by atoms with E-state index >= 15 is 0 Å². The molecule has 0 aliphatic rings. The van der Waals surface area contributed by atoms with Crippen LogP contribution in [0.4, 0.5) is 0 Å². The number of nitrogens with two attached hydrogens (primary N) is 1. The monoisotopic (exact) mass is 348 g/mol. The molecule has 6 heteroatoms. The molecule has 0 aromatic heterocycles. The molecule has 0 fully saturated rings. The van der Waals surface area contributed by atoms with Gasteiger partial charge in [-0.05, 0) is 36.6 Å². The van der Waals surface area contributed by atoms with E-state index in [0.29, 0.717) is 6.54 Å². The summed E-state index contributed by atoms with van der Waals surface area (Å²) < 4.78 is 22.7. The highest BCUT2D eigenvalue weighted by Crippen LogP contribution is 2.26. The normalized spacial score (nSPS) is 15.7. The Balaban J connectivity index is 2.13. The smallest absolute Gasteiger partial charge is 0.238 e. The van der Waals surface area contributed by atoms with E-state index in [1.54, 1.807) is 12.1 Å². The van der Waals surface area contributed by atoms with Gasteiger partial charge in [0.05, 0.1) is 11.0 Å². The zero-order chi connectivity index (χ0) is 17.8. The van der Waals surface area contributed by atoms with Crippen LogP contribution in [0.3, 0.4) is 0 Å². The Bertz CT molecular complexity index is 761. The first-order chi connectivity index (χ1) is 11.3. The summed E-state index contributed by atoms with van der Waals surface area (Å²) in [6.07, 6.45) is 0.171. The second kappa shape index (κ2) is 7.44. The van der Waals surface area contributed by atoms with Crippen LogP contribution in [0, 0.1) is 0 Å². The number of nitrogens with one attached hydrogen (secondary N) is 1. The van der Waals surface area contributed by atoms with Gasteiger partial charge in [-0.25, -0.2) is 13.6 Å². The molecule has 0 spiro atoms. The molecule has 0 unspecified atom stereocenters. The molecule has 0 aliphatic carbocycles. The lowest BCUT2D eigenvalue weighted by Crippen LogP contribution is -2.41. The first-order valence-corrected chi connectivity index (χ1v) is 9.42. The van der Waals surface area contributed by atoms with Crippen molar-refractivity contribution < 1.29 is 13.5 Å². The van der Waals surface area contributed by atoms with Crippen LogP contribution in [-0.2, 0) is 15.6 Å². The van der Waals surface area contributed by atoms with Crippen LogP contribution in [0.5, 0.6) is 0 Å². The van der Waals surface area contributed by atoms with Gasteiger partial charge in [0.15, 0.2) is 0 Å². The van der Waals surface area contributed by atoms with E-state index in [0.717, 1.165) is 17.5 Å². The van der Waals surface area contributed by atoms with Crippen molar-refractivity contribution in [2.24, 2.45) is 5.14 Å². The van der Waals surface area contributed by atoms with Crippen LogP contribution >= 0.6 is 0 Å². The Morgan fingerprint density at radius 1 is 1.12 bits per heavy atom. The summed E-state index contributed by atoms with van der Waals surface area (Å²) in [7, 11) is -3.69. The van der Waals surface area contributed by atoms with Crippen molar-refractivity contribution in [3.8, 4) is 0 Å². The summed E-state index contributed by atoms with van der Waals surface area (Å²) in [4.78, 5) is 0.0917. The van der Waals surface area contributed by atoms with Crippen molar-refractivity contribution in [3.05, 3.63) is 65.7 Å². The minimum absolute atomic E-state index is 0.0917. The molecule has 0 bridgehead atoms. The minimum atomic E-state index is -3.69. The molecule has 0 saturated heterocycles. The van der Waals surface area contributed by atoms with Crippen molar-refractivity contribution in [2.45, 2.75) is 36.8 Å². The Labute approximate surface area is 143 Å². The molecule has 2 rings (SSSR count). The van der Waals surface area contributed by atoms with Crippen LogP contribution in [0.1, 0.15) is 37.5 Å². The molecule has 0 heterocycles. The molecule has 2 aromatic carbocycles. The van der Waals surface area contributed by atoms with E-state index in [1.165, 1.54) is 12.1 Å². The quantitative estimate of drug-likeness (QED) is 0.716. The largest absolute Gasteiger partial charge is 0.387 e. The summed E-state index contributed by atoms with van der Waals surface area (Å²) in [5.74, 6) is 0. The van der Waals surface area contributed by atoms with E-state index in [1.807, 2.05) is 44.2 Å². The highest BCUT2D eigenvalue weighted by atomic mass is 32.2. The topological polar surface area (TPSA) is 92.4 Å². The molecular weight excluding hydrogens is 324 g/mol. The molecule has 0 amide bonds. The molecule has 2 aromatic rings. The first-order valence-electron chi connectivity index (χ1n) is 7.87. The maximum Gasteiger partial charge on any atom is 0.238 e. The Morgan fingerprint density at radius 2 is 1.71 bits per heavy atom. The van der Waals surface area contributed by atoms with Gasteiger partial charge in [-0.15, -0.1) is 0 Å². The van der Waals surface area contributed by atoms with Crippen molar-refractivity contribution in [2.75, 3.05) is 6.54 Å². The van der Waals surface area contributed by atoms with Gasteiger partial charge in [0.1, 0.15) is 0 Å². The maximum atomic E-state index is 11.4. The average Bonchev–Trinajstić information content (AvgIpc) is 2.59. The third-order valence-electron chi connectivity index (χ3n) is 4.40. The Hall–Kier alpha value is -1.73. The van der Waals surface area contributed by atoms with E-state index < -0.39 is 16.1 Å². The number of benzene rings is 2. The van der Waals surface area contributed by atoms with Crippen molar-refractivity contribution >= 4 is 10.0 Å². The molecule has 0 aliphatic heterocycles. The summed E-state index contributed by atoms with van der Waals surface area (Å²) in [6.45, 7) is 4.46. The van der Waals surface area contributed by atoms with Crippen LogP contribution in [0.15, 0.2) is 59.5 Å². The lowest BCUT2D eigenvalue weighted by Gasteiger charge is -2.32. The van der Waals surface area contributed by atoms with Gasteiger partial charge < -0.3 is 10.4 Å². The minimum Gasteiger partial charge on any atom is -0.387 e. The fraction of sp³-hybridized carbons (Fsp3) is 0.333. The van der Waals surface area contributed by atoms with Gasteiger partial charge in [-0.1, -0.05) is 49.4 Å². The van der Waals surface area contributed by atoms with Gasteiger partial charge in [0.25, 0.3) is 0 Å². The fourth-order valence-electron chi connectivity index (χ4n) is 2.56. The van der Waals surface area contributed by atoms with Crippen LogP contribution in [0.25, 0.3) is 0 Å². The number of sulfonamides is 1. The molecular formula is C18H24N2O3S. The molecule has 4 N–H and O–H groups in total. The van der Waals surface area contributed by atoms with Crippen LogP contribution in [-0.4, -0.2) is 20.1 Å². The zero-order valence-electron chi connectivity index (χ0n) is 13.9. The predicted octanol–water partition coefficient (Wildman–Crippen LogP) is 2.28. The van der Waals surface area contributed by atoms with E-state index in [2.05, 4.69) is 5.32 Å². The standard InChI is InChI=1S/C18H24N2O3S/c1-3-18(2,15-9-11-16(12-10-15)24(19,22)23)20-13-17(21)14-7-5-4-6-8-14/h4-12,17,20-21H,3,13H2,1-2H3,(H2,19,22,23)/t17-,18+/m0/s1. The molecule has 5 nitrogen and oxygen atoms in total. The predicted molar refractivity (Wildman–Crippen MR) is 94.9 cm³/mol. The number of aliphatic hydroxyl groups is 1. The Kier molecular flexibility index (Phi) is 5.77. The second-order valence-electron chi connectivity index (χ2n) is 6.06. The highest BCUT2D eigenvalue weighted by Gasteiger charge is 2.25. The SMILES string of the molecule is CC[C@@](C)(NC[C@H](O)c1ccccc1)c1ccc(S(N)(=O)=O)cc1. The summed E-state index contributed by atoms with van der Waals surface area (Å²) in [6, 6.07) is 16.0. The summed E-state index contributed by atoms with van der Waals surface area (Å²) in [5.41, 5.74) is 1.41. The van der Waals surface area contributed by atoms with E-state index in [-0.39, 0.29) is 10.4 Å². The maximum absolute atomic E-state index is 11.4. The number of hydrogen-bond acceptors (Lipinski definition) is 4. The van der Waals surface area contributed by atoms with Gasteiger partial charge in [0.2, 0.25) is 10.0 Å². The molecule has 0 saturated carbocycles. The number of hydrogen-bond donors (Lipinski definition) is 3. The van der Waals surface area contributed by atoms with Gasteiger partial charge >= 0.3 is 0 Å². The summed E-state index contributed by atoms with van der Waals surface area (Å²) in [5, 5.41) is 18.8. The number of rotatable bonds is 7. The fourth-order valence-corrected chi connectivity index (χ4v) is 3.07. The molecule has 24 heavy (non-hydrogen) atoms. The van der Waals surface area contributed by atoms with E-state index in [9.17, 15) is 13.5 Å². The van der Waals surface area contributed by atoms with Gasteiger partial charge in [0, 0.05) is 12.1 Å². The zero-order valence-corrected chi connectivity index (χ0v) is 14.8. The number of primary sulfonamides is 1. The second-order valence-corrected chi connectivity index (χ2v) is 7.62. The molecule has 130 valence electrons. The van der Waals surface area contributed by atoms with Gasteiger partial charge in [-0.2, -0.15) is 0 Å². The van der Waals surface area contributed by atoms with Crippen molar-refractivity contribution in [3.63, 3.8) is 0 Å². The Morgan fingerprint density at radius 3 is 2.21 bits per heavy atom. The molecule has 0 radical (unpaired) electrons. The van der Waals surface area contributed by atoms with Gasteiger partial charge in [-0.3, -0.25) is 0 Å². The lowest BCUT2D eigenvalue weighted by molar-refractivity contribution is 0.157. The third kappa shape index (κ3) is 4.42. The third-order valence-corrected chi connectivity index (χ3v) is 5.33. The first kappa shape index (κ1) is 18.6.